The van der Waals surface area contributed by atoms with Crippen LogP contribution in [0.1, 0.15) is 33.1 Å². The fourth-order valence-corrected chi connectivity index (χ4v) is 3.14. The van der Waals surface area contributed by atoms with Gasteiger partial charge in [-0.05, 0) is 26.2 Å². The zero-order valence-corrected chi connectivity index (χ0v) is 10.3. The highest BCUT2D eigenvalue weighted by Crippen LogP contribution is 2.21. The van der Waals surface area contributed by atoms with Crippen LogP contribution >= 0.6 is 11.8 Å². The van der Waals surface area contributed by atoms with Crippen molar-refractivity contribution in [3.05, 3.63) is 0 Å². The van der Waals surface area contributed by atoms with Crippen LogP contribution in [0, 0.1) is 0 Å². The fraction of sp³-hybridized carbons (Fsp3) is 0.909. The van der Waals surface area contributed by atoms with Crippen LogP contribution in [0.25, 0.3) is 0 Å². The van der Waals surface area contributed by atoms with E-state index in [-0.39, 0.29) is 0 Å². The van der Waals surface area contributed by atoms with E-state index < -0.39 is 0 Å². The van der Waals surface area contributed by atoms with E-state index in [2.05, 4.69) is 24.2 Å². The van der Waals surface area contributed by atoms with E-state index in [0.29, 0.717) is 18.2 Å². The monoisotopic (exact) mass is 228 g/mol. The van der Waals surface area contributed by atoms with Gasteiger partial charge in [-0.3, -0.25) is 4.99 Å². The summed E-state index contributed by atoms with van der Waals surface area (Å²) in [6.07, 6.45) is 3.91. The van der Waals surface area contributed by atoms with E-state index in [1.54, 1.807) is 0 Å². The minimum Gasteiger partial charge on any atom is -0.376 e. The van der Waals surface area contributed by atoms with Gasteiger partial charge in [0, 0.05) is 12.4 Å². The summed E-state index contributed by atoms with van der Waals surface area (Å²) in [7, 11) is 0. The van der Waals surface area contributed by atoms with Crippen molar-refractivity contribution in [3.63, 3.8) is 0 Å². The van der Waals surface area contributed by atoms with Crippen LogP contribution in [-0.2, 0) is 4.74 Å². The summed E-state index contributed by atoms with van der Waals surface area (Å²) < 4.78 is 5.65. The molecule has 1 fully saturated rings. The maximum absolute atomic E-state index is 5.65. The number of thioether (sulfide) groups is 1. The molecule has 1 N–H and O–H groups in total. The lowest BCUT2D eigenvalue weighted by molar-refractivity contribution is 0.0896. The molecule has 86 valence electrons. The second-order valence-corrected chi connectivity index (χ2v) is 5.30. The standard InChI is InChI=1S/C11H20N2OS/c1-3-9-7-15-11(13-9)12-8(2)10-5-4-6-14-10/h8-10H,3-7H2,1-2H3,(H,12,13). The third-order valence-corrected chi connectivity index (χ3v) is 4.11. The van der Waals surface area contributed by atoms with Crippen LogP contribution in [0.5, 0.6) is 0 Å². The molecular weight excluding hydrogens is 208 g/mol. The summed E-state index contributed by atoms with van der Waals surface area (Å²) in [4.78, 5) is 4.63. The van der Waals surface area contributed by atoms with Crippen LogP contribution in [0.4, 0.5) is 0 Å². The Bertz CT molecular complexity index is 239. The minimum absolute atomic E-state index is 0.383. The molecule has 0 aromatic carbocycles. The van der Waals surface area contributed by atoms with Gasteiger partial charge in [0.2, 0.25) is 0 Å². The molecule has 0 spiro atoms. The van der Waals surface area contributed by atoms with E-state index in [4.69, 9.17) is 4.74 Å². The zero-order chi connectivity index (χ0) is 10.7. The van der Waals surface area contributed by atoms with E-state index in [1.165, 1.54) is 12.8 Å². The molecule has 3 unspecified atom stereocenters. The Kier molecular flexibility index (Phi) is 3.92. The van der Waals surface area contributed by atoms with Crippen molar-refractivity contribution in [2.24, 2.45) is 4.99 Å². The summed E-state index contributed by atoms with van der Waals surface area (Å²) in [5.41, 5.74) is 0. The molecule has 2 heterocycles. The normalized spacial score (nSPS) is 32.8. The maximum Gasteiger partial charge on any atom is 0.157 e. The minimum atomic E-state index is 0.383. The fourth-order valence-electron chi connectivity index (χ4n) is 1.99. The van der Waals surface area contributed by atoms with Gasteiger partial charge in [-0.1, -0.05) is 18.7 Å². The van der Waals surface area contributed by atoms with E-state index in [1.807, 2.05) is 11.8 Å². The van der Waals surface area contributed by atoms with E-state index in [0.717, 1.165) is 23.9 Å². The number of nitrogens with zero attached hydrogens (tertiary/aromatic N) is 1. The van der Waals surface area contributed by atoms with Crippen LogP contribution in [0.15, 0.2) is 4.99 Å². The molecule has 1 saturated heterocycles. The average molecular weight is 228 g/mol. The lowest BCUT2D eigenvalue weighted by Crippen LogP contribution is -2.39. The summed E-state index contributed by atoms with van der Waals surface area (Å²) >= 11 is 1.85. The Morgan fingerprint density at radius 2 is 2.53 bits per heavy atom. The number of hydrogen-bond donors (Lipinski definition) is 1. The van der Waals surface area contributed by atoms with E-state index >= 15 is 0 Å². The van der Waals surface area contributed by atoms with Gasteiger partial charge in [0.15, 0.2) is 5.17 Å². The molecule has 2 aliphatic rings. The van der Waals surface area contributed by atoms with Crippen molar-refractivity contribution in [2.45, 2.75) is 51.3 Å². The number of rotatable bonds is 3. The van der Waals surface area contributed by atoms with Gasteiger partial charge in [-0.15, -0.1) is 0 Å². The van der Waals surface area contributed by atoms with Gasteiger partial charge >= 0.3 is 0 Å². The molecule has 0 aliphatic carbocycles. The number of amidine groups is 1. The first-order valence-corrected chi connectivity index (χ1v) is 6.87. The lowest BCUT2D eigenvalue weighted by Gasteiger charge is -2.20. The first-order valence-electron chi connectivity index (χ1n) is 5.88. The Labute approximate surface area is 96.1 Å². The molecule has 0 amide bonds. The van der Waals surface area contributed by atoms with Gasteiger partial charge in [-0.25, -0.2) is 0 Å². The highest BCUT2D eigenvalue weighted by atomic mass is 32.2. The van der Waals surface area contributed by atoms with Gasteiger partial charge in [0.25, 0.3) is 0 Å². The molecule has 15 heavy (non-hydrogen) atoms. The topological polar surface area (TPSA) is 33.6 Å². The molecule has 0 aromatic heterocycles. The lowest BCUT2D eigenvalue weighted by atomic mass is 10.1. The number of ether oxygens (including phenoxy) is 1. The van der Waals surface area contributed by atoms with Crippen molar-refractivity contribution >= 4 is 16.9 Å². The van der Waals surface area contributed by atoms with Gasteiger partial charge < -0.3 is 10.1 Å². The molecule has 4 heteroatoms. The summed E-state index contributed by atoms with van der Waals surface area (Å²) in [5, 5.41) is 4.59. The average Bonchev–Trinajstić information content (AvgIpc) is 2.87. The third kappa shape index (κ3) is 2.88. The van der Waals surface area contributed by atoms with Crippen molar-refractivity contribution in [1.29, 1.82) is 0 Å². The molecule has 0 saturated carbocycles. The van der Waals surface area contributed by atoms with Gasteiger partial charge in [-0.2, -0.15) is 0 Å². The third-order valence-electron chi connectivity index (χ3n) is 3.06. The van der Waals surface area contributed by atoms with E-state index in [9.17, 15) is 0 Å². The van der Waals surface area contributed by atoms with Crippen molar-refractivity contribution < 1.29 is 4.74 Å². The SMILES string of the molecule is CCC1CSC(NC(C)C2CCCO2)=N1. The largest absolute Gasteiger partial charge is 0.376 e. The maximum atomic E-state index is 5.65. The Morgan fingerprint density at radius 3 is 3.13 bits per heavy atom. The van der Waals surface area contributed by atoms with Crippen molar-refractivity contribution in [2.75, 3.05) is 12.4 Å². The first kappa shape index (κ1) is 11.3. The van der Waals surface area contributed by atoms with Crippen molar-refractivity contribution in [3.8, 4) is 0 Å². The number of aliphatic imine (C=N–C) groups is 1. The number of hydrogen-bond acceptors (Lipinski definition) is 4. The summed E-state index contributed by atoms with van der Waals surface area (Å²) in [5.74, 6) is 1.14. The molecular formula is C11H20N2OS. The van der Waals surface area contributed by atoms with Gasteiger partial charge in [0.05, 0.1) is 18.2 Å². The second kappa shape index (κ2) is 5.21. The molecule has 0 bridgehead atoms. The highest BCUT2D eigenvalue weighted by molar-refractivity contribution is 8.14. The van der Waals surface area contributed by atoms with Crippen LogP contribution in [0.3, 0.4) is 0 Å². The van der Waals surface area contributed by atoms with Crippen LogP contribution in [0.2, 0.25) is 0 Å². The predicted molar refractivity (Wildman–Crippen MR) is 65.5 cm³/mol. The molecule has 0 aromatic rings. The Hall–Kier alpha value is -0.220. The Morgan fingerprint density at radius 1 is 1.67 bits per heavy atom. The van der Waals surface area contributed by atoms with Crippen LogP contribution in [-0.4, -0.2) is 35.7 Å². The highest BCUT2D eigenvalue weighted by Gasteiger charge is 2.25. The Balaban J connectivity index is 1.81. The molecule has 2 rings (SSSR count). The predicted octanol–water partition coefficient (Wildman–Crippen LogP) is 2.02. The molecule has 3 atom stereocenters. The van der Waals surface area contributed by atoms with Gasteiger partial charge in [0.1, 0.15) is 0 Å². The molecule has 2 aliphatic heterocycles. The second-order valence-electron chi connectivity index (χ2n) is 4.29. The molecule has 0 radical (unpaired) electrons. The first-order chi connectivity index (χ1) is 7.29. The smallest absolute Gasteiger partial charge is 0.157 e. The number of nitrogens with one attached hydrogen (secondary N) is 1. The molecule has 3 nitrogen and oxygen atoms in total. The van der Waals surface area contributed by atoms with Crippen molar-refractivity contribution in [1.82, 2.24) is 5.32 Å². The van der Waals surface area contributed by atoms with Crippen LogP contribution < -0.4 is 5.32 Å². The summed E-state index contributed by atoms with van der Waals surface area (Å²) in [6.45, 7) is 5.31. The summed E-state index contributed by atoms with van der Waals surface area (Å²) in [6, 6.07) is 0.920. The zero-order valence-electron chi connectivity index (χ0n) is 9.53. The quantitative estimate of drug-likeness (QED) is 0.802.